The van der Waals surface area contributed by atoms with Crippen LogP contribution in [0.3, 0.4) is 0 Å². The second-order valence-corrected chi connectivity index (χ2v) is 23.7. The Bertz CT molecular complexity index is 2790. The summed E-state index contributed by atoms with van der Waals surface area (Å²) in [6.07, 6.45) is 3.58. The third-order valence-corrected chi connectivity index (χ3v) is 16.0. The fourth-order valence-electron chi connectivity index (χ4n) is 11.1. The molecular formula is C62H83N9O7. The molecule has 78 heavy (non-hydrogen) atoms. The lowest BCUT2D eigenvalue weighted by Gasteiger charge is -2.44. The van der Waals surface area contributed by atoms with Gasteiger partial charge in [0, 0.05) is 37.7 Å². The zero-order chi connectivity index (χ0) is 56.6. The number of nitrogens with zero attached hydrogens (tertiary/aromatic N) is 3. The maximum absolute atomic E-state index is 15.6. The van der Waals surface area contributed by atoms with E-state index in [4.69, 9.17) is 0 Å². The first-order valence-corrected chi connectivity index (χ1v) is 27.8. The Morgan fingerprint density at radius 3 is 1.78 bits per heavy atom. The fourth-order valence-corrected chi connectivity index (χ4v) is 11.1. The van der Waals surface area contributed by atoms with Crippen LogP contribution in [0.5, 0.6) is 0 Å². The molecule has 16 nitrogen and oxygen atoms in total. The molecule has 0 bridgehead atoms. The van der Waals surface area contributed by atoms with E-state index in [9.17, 15) is 24.0 Å². The van der Waals surface area contributed by atoms with E-state index < -0.39 is 64.9 Å². The van der Waals surface area contributed by atoms with Gasteiger partial charge in [-0.05, 0) is 116 Å². The van der Waals surface area contributed by atoms with Crippen molar-refractivity contribution < 1.29 is 33.6 Å². The molecule has 418 valence electrons. The van der Waals surface area contributed by atoms with E-state index in [-0.39, 0.29) is 74.1 Å². The summed E-state index contributed by atoms with van der Waals surface area (Å²) in [5.74, 6) is -2.37. The minimum absolute atomic E-state index is 0.0457. The Balaban J connectivity index is 1.15. The normalized spacial score (nSPS) is 20.1. The standard InChI is InChI=1S/C62H83N9O7/c1-12-49(42-22-14-13-15-23-42)69(58(76)51-33-44-24-16-17-25-45(44)36-70(51)59(77)52(61(4,5)6)67-54(72)38(2)63-10)35-40-29-31-43(32-30-40)56(74)65-46-34-50(57(75)66-48-28-20-26-41-21-18-19-27-47(41)48)71(37-46)60(78)53(62(7,8)9)68-55(73)39(3)64-11/h13-19,21-25,27,29-32,38-39,46,48-53,63-64H,12,20,26,28,33-37H2,1-11H3,(H,65,74)(H,66,75)(H,67,72)(H,68,73)/t38-,39-,46-,48?,49+,50?,51?,52+,53+/m0/s1. The second kappa shape index (κ2) is 25.3. The minimum Gasteiger partial charge on any atom is -0.347 e. The predicted molar refractivity (Wildman–Crippen MR) is 302 cm³/mol. The lowest BCUT2D eigenvalue weighted by Crippen LogP contribution is -2.62. The minimum atomic E-state index is -0.966. The van der Waals surface area contributed by atoms with Crippen LogP contribution in [0.4, 0.5) is 0 Å². The number of amides is 7. The van der Waals surface area contributed by atoms with Crippen molar-refractivity contribution in [1.82, 2.24) is 46.6 Å². The molecule has 2 heterocycles. The van der Waals surface area contributed by atoms with Crippen LogP contribution in [0.25, 0.3) is 0 Å². The smallest absolute Gasteiger partial charge is 0.251 e. The van der Waals surface area contributed by atoms with E-state index in [0.29, 0.717) is 12.0 Å². The van der Waals surface area contributed by atoms with Crippen LogP contribution in [-0.4, -0.2) is 119 Å². The van der Waals surface area contributed by atoms with Gasteiger partial charge in [-0.2, -0.15) is 0 Å². The van der Waals surface area contributed by atoms with Crippen molar-refractivity contribution in [3.8, 4) is 0 Å². The van der Waals surface area contributed by atoms with Gasteiger partial charge in [0.1, 0.15) is 24.2 Å². The molecule has 7 amide bonds. The number of likely N-dealkylation sites (N-methyl/N-ethyl adjacent to an activating group) is 2. The maximum Gasteiger partial charge on any atom is 0.251 e. The molecule has 0 spiro atoms. The second-order valence-electron chi connectivity index (χ2n) is 23.7. The zero-order valence-electron chi connectivity index (χ0n) is 47.6. The highest BCUT2D eigenvalue weighted by Gasteiger charge is 2.47. The van der Waals surface area contributed by atoms with Crippen LogP contribution in [-0.2, 0) is 54.7 Å². The largest absolute Gasteiger partial charge is 0.347 e. The third kappa shape index (κ3) is 13.7. The zero-order valence-corrected chi connectivity index (χ0v) is 47.6. The van der Waals surface area contributed by atoms with Crippen LogP contribution < -0.4 is 31.9 Å². The Kier molecular flexibility index (Phi) is 19.0. The molecule has 9 atom stereocenters. The van der Waals surface area contributed by atoms with Crippen LogP contribution in [0, 0.1) is 10.8 Å². The number of aryl methyl sites for hydroxylation is 1. The molecule has 0 radical (unpaired) electrons. The van der Waals surface area contributed by atoms with Gasteiger partial charge in [0.15, 0.2) is 0 Å². The van der Waals surface area contributed by atoms with Crippen LogP contribution in [0.15, 0.2) is 103 Å². The summed E-state index contributed by atoms with van der Waals surface area (Å²) in [6, 6.07) is 26.8. The fraction of sp³-hybridized carbons (Fsp3) is 0.500. The molecular weight excluding hydrogens is 983 g/mol. The number of fused-ring (bicyclic) bond motifs is 2. The Hall–Kier alpha value is -6.91. The van der Waals surface area contributed by atoms with E-state index in [1.165, 1.54) is 10.5 Å². The molecule has 2 aliphatic heterocycles. The summed E-state index contributed by atoms with van der Waals surface area (Å²) in [5.41, 5.74) is 4.77. The summed E-state index contributed by atoms with van der Waals surface area (Å²) in [5, 5.41) is 18.2. The molecule has 7 rings (SSSR count). The van der Waals surface area contributed by atoms with Gasteiger partial charge in [0.2, 0.25) is 35.4 Å². The first-order valence-electron chi connectivity index (χ1n) is 27.8. The lowest BCUT2D eigenvalue weighted by molar-refractivity contribution is -0.152. The van der Waals surface area contributed by atoms with E-state index in [2.05, 4.69) is 38.0 Å². The predicted octanol–water partition coefficient (Wildman–Crippen LogP) is 6.29. The van der Waals surface area contributed by atoms with Gasteiger partial charge in [-0.15, -0.1) is 0 Å². The quantitative estimate of drug-likeness (QED) is 0.0663. The van der Waals surface area contributed by atoms with Crippen LogP contribution >= 0.6 is 0 Å². The van der Waals surface area contributed by atoms with Gasteiger partial charge in [-0.3, -0.25) is 33.6 Å². The highest BCUT2D eigenvalue weighted by Crippen LogP contribution is 2.35. The molecule has 4 aromatic rings. The van der Waals surface area contributed by atoms with E-state index >= 15 is 9.59 Å². The summed E-state index contributed by atoms with van der Waals surface area (Å²) in [6.45, 7) is 17.2. The number of nitrogens with one attached hydrogen (secondary N) is 6. The molecule has 6 N–H and O–H groups in total. The van der Waals surface area contributed by atoms with E-state index in [1.807, 2.05) is 138 Å². The highest BCUT2D eigenvalue weighted by atomic mass is 16.2. The molecule has 1 aliphatic carbocycles. The van der Waals surface area contributed by atoms with Gasteiger partial charge in [0.25, 0.3) is 5.91 Å². The van der Waals surface area contributed by atoms with Crippen molar-refractivity contribution in [1.29, 1.82) is 0 Å². The van der Waals surface area contributed by atoms with Gasteiger partial charge in [-0.1, -0.05) is 139 Å². The molecule has 4 aromatic carbocycles. The summed E-state index contributed by atoms with van der Waals surface area (Å²) < 4.78 is 0. The first-order chi connectivity index (χ1) is 37.0. The number of likely N-dealkylation sites (tertiary alicyclic amines) is 1. The average molecular weight is 1070 g/mol. The van der Waals surface area contributed by atoms with Gasteiger partial charge >= 0.3 is 0 Å². The van der Waals surface area contributed by atoms with Crippen molar-refractivity contribution >= 4 is 41.4 Å². The van der Waals surface area contributed by atoms with Crippen molar-refractivity contribution in [2.24, 2.45) is 10.8 Å². The summed E-state index contributed by atoms with van der Waals surface area (Å²) in [7, 11) is 3.36. The average Bonchev–Trinajstić information content (AvgIpc) is 3.86. The van der Waals surface area contributed by atoms with Crippen LogP contribution in [0.2, 0.25) is 0 Å². The Morgan fingerprint density at radius 2 is 1.21 bits per heavy atom. The molecule has 0 saturated carbocycles. The lowest BCUT2D eigenvalue weighted by atomic mass is 9.84. The van der Waals surface area contributed by atoms with E-state index in [0.717, 1.165) is 47.1 Å². The third-order valence-electron chi connectivity index (χ3n) is 16.0. The number of carbonyl (C=O) groups is 7. The first kappa shape index (κ1) is 58.8. The van der Waals surface area contributed by atoms with Gasteiger partial charge < -0.3 is 46.6 Å². The van der Waals surface area contributed by atoms with Crippen LogP contribution in [0.1, 0.15) is 144 Å². The number of carbonyl (C=O) groups excluding carboxylic acids is 7. The molecule has 3 aliphatic rings. The Labute approximate surface area is 461 Å². The number of hydrogen-bond acceptors (Lipinski definition) is 9. The van der Waals surface area contributed by atoms with Crippen molar-refractivity contribution in [2.45, 2.75) is 168 Å². The van der Waals surface area contributed by atoms with Crippen molar-refractivity contribution in [3.05, 3.63) is 142 Å². The van der Waals surface area contributed by atoms with Gasteiger partial charge in [-0.25, -0.2) is 0 Å². The highest BCUT2D eigenvalue weighted by molar-refractivity contribution is 5.97. The van der Waals surface area contributed by atoms with E-state index in [1.54, 1.807) is 45.0 Å². The summed E-state index contributed by atoms with van der Waals surface area (Å²) >= 11 is 0. The number of hydrogen-bond donors (Lipinski definition) is 6. The monoisotopic (exact) mass is 1070 g/mol. The summed E-state index contributed by atoms with van der Waals surface area (Å²) in [4.78, 5) is 106. The van der Waals surface area contributed by atoms with Crippen molar-refractivity contribution in [2.75, 3.05) is 20.6 Å². The molecule has 0 aromatic heterocycles. The Morgan fingerprint density at radius 1 is 0.654 bits per heavy atom. The molecule has 3 unspecified atom stereocenters. The topological polar surface area (TPSA) is 201 Å². The number of benzene rings is 4. The van der Waals surface area contributed by atoms with Crippen molar-refractivity contribution in [3.63, 3.8) is 0 Å². The SMILES string of the molecule is CC[C@H](c1ccccc1)N(Cc1ccc(C(=O)N[C@H]2CC(C(=O)NC3CCCc4ccccc43)N(C(=O)[C@@H](NC(=O)[C@H](C)NC)C(C)(C)C)C2)cc1)C(=O)C1Cc2ccccc2CN1C(=O)[C@@H](NC(=O)[C@H](C)NC)C(C)(C)C. The number of rotatable bonds is 18. The van der Waals surface area contributed by atoms with Gasteiger partial charge in [0.05, 0.1) is 24.2 Å². The maximum atomic E-state index is 15.6. The molecule has 16 heteroatoms. The molecule has 1 saturated heterocycles. The molecule has 1 fully saturated rings.